The lowest BCUT2D eigenvalue weighted by Gasteiger charge is -2.06. The van der Waals surface area contributed by atoms with Crippen molar-refractivity contribution in [2.75, 3.05) is 0 Å². The van der Waals surface area contributed by atoms with Crippen molar-refractivity contribution in [2.24, 2.45) is 0 Å². The van der Waals surface area contributed by atoms with Crippen LogP contribution >= 0.6 is 0 Å². The van der Waals surface area contributed by atoms with Gasteiger partial charge < -0.3 is 0 Å². The SMILES string of the molecule is O=C(CCc1cc(F)c(F)c(F)c1)NC(=O)CCc1cc(F)c(F)c(F)c1. The van der Waals surface area contributed by atoms with Gasteiger partial charge in [-0.3, -0.25) is 14.9 Å². The normalized spacial score (nSPS) is 10.7. The van der Waals surface area contributed by atoms with E-state index in [-0.39, 0.29) is 36.8 Å². The molecule has 0 aliphatic rings. The molecule has 0 unspecified atom stereocenters. The summed E-state index contributed by atoms with van der Waals surface area (Å²) in [5.41, 5.74) is 0.0672. The molecule has 0 saturated heterocycles. The van der Waals surface area contributed by atoms with Crippen molar-refractivity contribution in [2.45, 2.75) is 25.7 Å². The number of nitrogens with one attached hydrogen (secondary N) is 1. The fraction of sp³-hybridized carbons (Fsp3) is 0.222. The third-order valence-corrected chi connectivity index (χ3v) is 3.65. The summed E-state index contributed by atoms with van der Waals surface area (Å²) >= 11 is 0. The molecule has 0 fully saturated rings. The predicted octanol–water partition coefficient (Wildman–Crippen LogP) is 3.73. The Kier molecular flexibility index (Phi) is 6.59. The molecule has 0 aliphatic carbocycles. The Bertz CT molecular complexity index is 767. The molecule has 0 heterocycles. The first-order chi connectivity index (χ1) is 12.7. The van der Waals surface area contributed by atoms with Crippen molar-refractivity contribution < 1.29 is 35.9 Å². The molecule has 0 bridgehead atoms. The molecule has 3 nitrogen and oxygen atoms in total. The van der Waals surface area contributed by atoms with Gasteiger partial charge in [0.1, 0.15) is 0 Å². The van der Waals surface area contributed by atoms with E-state index in [0.717, 1.165) is 24.3 Å². The van der Waals surface area contributed by atoms with Gasteiger partial charge in [0.25, 0.3) is 0 Å². The Morgan fingerprint density at radius 2 is 0.926 bits per heavy atom. The van der Waals surface area contributed by atoms with Crippen molar-refractivity contribution in [1.29, 1.82) is 0 Å². The van der Waals surface area contributed by atoms with Crippen LogP contribution in [0, 0.1) is 34.9 Å². The highest BCUT2D eigenvalue weighted by Gasteiger charge is 2.14. The maximum atomic E-state index is 13.1. The first-order valence-electron chi connectivity index (χ1n) is 7.77. The smallest absolute Gasteiger partial charge is 0.226 e. The van der Waals surface area contributed by atoms with Crippen LogP contribution in [0.25, 0.3) is 0 Å². The van der Waals surface area contributed by atoms with Gasteiger partial charge in [-0.05, 0) is 48.2 Å². The summed E-state index contributed by atoms with van der Waals surface area (Å²) in [5, 5.41) is 2.00. The average Bonchev–Trinajstić information content (AvgIpc) is 2.60. The maximum Gasteiger partial charge on any atom is 0.226 e. The minimum atomic E-state index is -1.62. The third kappa shape index (κ3) is 5.57. The number of benzene rings is 2. The summed E-state index contributed by atoms with van der Waals surface area (Å²) in [5.74, 6) is -10.3. The van der Waals surface area contributed by atoms with E-state index in [9.17, 15) is 35.9 Å². The Labute approximate surface area is 150 Å². The number of carbonyl (C=O) groups excluding carboxylic acids is 2. The molecule has 0 spiro atoms. The summed E-state index contributed by atoms with van der Waals surface area (Å²) in [4.78, 5) is 23.3. The van der Waals surface area contributed by atoms with Crippen molar-refractivity contribution >= 4 is 11.8 Å². The largest absolute Gasteiger partial charge is 0.296 e. The zero-order chi connectivity index (χ0) is 20.1. The number of rotatable bonds is 6. The minimum absolute atomic E-state index is 0.0336. The van der Waals surface area contributed by atoms with E-state index >= 15 is 0 Å². The molecule has 2 amide bonds. The minimum Gasteiger partial charge on any atom is -0.296 e. The second kappa shape index (κ2) is 8.70. The van der Waals surface area contributed by atoms with Crippen LogP contribution in [0.5, 0.6) is 0 Å². The summed E-state index contributed by atoms with van der Waals surface area (Å²) in [6, 6.07) is 2.96. The average molecular weight is 389 g/mol. The van der Waals surface area contributed by atoms with Gasteiger partial charge in [0, 0.05) is 12.8 Å². The van der Waals surface area contributed by atoms with Crippen LogP contribution in [-0.2, 0) is 22.4 Å². The molecule has 2 aromatic carbocycles. The summed E-state index contributed by atoms with van der Waals surface area (Å²) in [6.07, 6.45) is -0.866. The fourth-order valence-electron chi connectivity index (χ4n) is 2.30. The molecule has 0 atom stereocenters. The quantitative estimate of drug-likeness (QED) is 0.605. The van der Waals surface area contributed by atoms with Crippen molar-refractivity contribution in [3.8, 4) is 0 Å². The molecular weight excluding hydrogens is 376 g/mol. The Hall–Kier alpha value is -2.84. The van der Waals surface area contributed by atoms with Gasteiger partial charge >= 0.3 is 0 Å². The second-order valence-electron chi connectivity index (χ2n) is 5.72. The van der Waals surface area contributed by atoms with Gasteiger partial charge in [0.05, 0.1) is 0 Å². The molecule has 0 aliphatic heterocycles. The number of imide groups is 1. The number of carbonyl (C=O) groups is 2. The van der Waals surface area contributed by atoms with Gasteiger partial charge in [-0.2, -0.15) is 0 Å². The molecule has 9 heteroatoms. The summed E-state index contributed by atoms with van der Waals surface area (Å²) in [6.45, 7) is 0. The van der Waals surface area contributed by atoms with Gasteiger partial charge in [-0.1, -0.05) is 0 Å². The molecule has 27 heavy (non-hydrogen) atoms. The highest BCUT2D eigenvalue weighted by Crippen LogP contribution is 2.16. The lowest BCUT2D eigenvalue weighted by Crippen LogP contribution is -2.30. The molecule has 0 saturated carbocycles. The van der Waals surface area contributed by atoms with Crippen LogP contribution < -0.4 is 5.32 Å². The van der Waals surface area contributed by atoms with E-state index in [4.69, 9.17) is 0 Å². The van der Waals surface area contributed by atoms with Crippen LogP contribution in [0.3, 0.4) is 0 Å². The molecule has 2 rings (SSSR count). The van der Waals surface area contributed by atoms with Gasteiger partial charge in [0.15, 0.2) is 34.9 Å². The Morgan fingerprint density at radius 1 is 0.630 bits per heavy atom. The monoisotopic (exact) mass is 389 g/mol. The lowest BCUT2D eigenvalue weighted by molar-refractivity contribution is -0.130. The molecule has 0 aromatic heterocycles. The van der Waals surface area contributed by atoms with E-state index < -0.39 is 46.7 Å². The number of halogens is 6. The van der Waals surface area contributed by atoms with E-state index in [1.54, 1.807) is 0 Å². The van der Waals surface area contributed by atoms with E-state index in [2.05, 4.69) is 0 Å². The number of hydrogen-bond acceptors (Lipinski definition) is 2. The van der Waals surface area contributed by atoms with Crippen LogP contribution in [-0.4, -0.2) is 11.8 Å². The maximum absolute atomic E-state index is 13.1. The summed E-state index contributed by atoms with van der Waals surface area (Å²) in [7, 11) is 0. The molecule has 1 N–H and O–H groups in total. The van der Waals surface area contributed by atoms with Crippen molar-refractivity contribution in [3.05, 3.63) is 70.3 Å². The molecule has 144 valence electrons. The third-order valence-electron chi connectivity index (χ3n) is 3.65. The zero-order valence-electron chi connectivity index (χ0n) is 13.7. The summed E-state index contributed by atoms with van der Waals surface area (Å²) < 4.78 is 78.0. The highest BCUT2D eigenvalue weighted by molar-refractivity contribution is 5.95. The fourth-order valence-corrected chi connectivity index (χ4v) is 2.30. The van der Waals surface area contributed by atoms with E-state index in [1.165, 1.54) is 0 Å². The van der Waals surface area contributed by atoms with Gasteiger partial charge in [0.2, 0.25) is 11.8 Å². The standard InChI is InChI=1S/C18H13F6NO2/c19-11-5-9(6-12(20)17(11)23)1-3-15(26)25-16(27)4-2-10-7-13(21)18(24)14(22)8-10/h5-8H,1-4H2,(H,25,26,27). The van der Waals surface area contributed by atoms with Crippen molar-refractivity contribution in [1.82, 2.24) is 5.32 Å². The Morgan fingerprint density at radius 3 is 1.22 bits per heavy atom. The van der Waals surface area contributed by atoms with Crippen LogP contribution in [0.1, 0.15) is 24.0 Å². The number of hydrogen-bond donors (Lipinski definition) is 1. The molecule has 0 radical (unpaired) electrons. The van der Waals surface area contributed by atoms with E-state index in [1.807, 2.05) is 5.32 Å². The molecule has 2 aromatic rings. The number of amides is 2. The first kappa shape index (κ1) is 20.5. The van der Waals surface area contributed by atoms with Crippen LogP contribution in [0.15, 0.2) is 24.3 Å². The topological polar surface area (TPSA) is 46.2 Å². The van der Waals surface area contributed by atoms with E-state index in [0.29, 0.717) is 0 Å². The van der Waals surface area contributed by atoms with Crippen LogP contribution in [0.4, 0.5) is 26.3 Å². The van der Waals surface area contributed by atoms with Crippen molar-refractivity contribution in [3.63, 3.8) is 0 Å². The van der Waals surface area contributed by atoms with Crippen LogP contribution in [0.2, 0.25) is 0 Å². The zero-order valence-corrected chi connectivity index (χ0v) is 13.7. The predicted molar refractivity (Wildman–Crippen MR) is 82.4 cm³/mol. The lowest BCUT2D eigenvalue weighted by atomic mass is 10.1. The Balaban J connectivity index is 1.83. The second-order valence-corrected chi connectivity index (χ2v) is 5.72. The molecular formula is C18H13F6NO2. The highest BCUT2D eigenvalue weighted by atomic mass is 19.2. The van der Waals surface area contributed by atoms with Gasteiger partial charge in [-0.25, -0.2) is 26.3 Å². The van der Waals surface area contributed by atoms with Gasteiger partial charge in [-0.15, -0.1) is 0 Å². The number of aryl methyl sites for hydroxylation is 2. The first-order valence-corrected chi connectivity index (χ1v) is 7.77.